The number of fused-ring (bicyclic) bond motifs is 1. The Bertz CT molecular complexity index is 437. The first-order valence-electron chi connectivity index (χ1n) is 6.26. The molecule has 0 aromatic heterocycles. The van der Waals surface area contributed by atoms with E-state index in [9.17, 15) is 4.79 Å². The van der Waals surface area contributed by atoms with Gasteiger partial charge < -0.3 is 0 Å². The van der Waals surface area contributed by atoms with Crippen molar-refractivity contribution in [3.8, 4) is 0 Å². The molecule has 2 aliphatic carbocycles. The molecule has 2 unspecified atom stereocenters. The van der Waals surface area contributed by atoms with Crippen LogP contribution >= 0.6 is 0 Å². The van der Waals surface area contributed by atoms with Crippen LogP contribution in [0.4, 0.5) is 0 Å². The topological polar surface area (TPSA) is 17.1 Å². The number of hydrogen-bond donors (Lipinski definition) is 0. The summed E-state index contributed by atoms with van der Waals surface area (Å²) in [5.74, 6) is 2.50. The van der Waals surface area contributed by atoms with Gasteiger partial charge in [0.15, 0.2) is 5.78 Å². The predicted octanol–water partition coefficient (Wildman–Crippen LogP) is 3.53. The molecule has 0 bridgehead atoms. The first-order chi connectivity index (χ1) is 7.65. The Hall–Kier alpha value is -1.11. The second kappa shape index (κ2) is 3.44. The van der Waals surface area contributed by atoms with Gasteiger partial charge in [0, 0.05) is 11.5 Å². The molecule has 0 aliphatic heterocycles. The van der Waals surface area contributed by atoms with Crippen LogP contribution < -0.4 is 0 Å². The Balaban J connectivity index is 1.85. The molecule has 1 heteroatoms. The Morgan fingerprint density at radius 3 is 2.50 bits per heavy atom. The number of rotatable bonds is 2. The van der Waals surface area contributed by atoms with Crippen molar-refractivity contribution in [2.45, 2.75) is 33.1 Å². The highest BCUT2D eigenvalue weighted by Gasteiger charge is 2.48. The van der Waals surface area contributed by atoms with Crippen molar-refractivity contribution in [3.63, 3.8) is 0 Å². The molecule has 2 saturated carbocycles. The molecule has 16 heavy (non-hydrogen) atoms. The summed E-state index contributed by atoms with van der Waals surface area (Å²) in [6, 6.07) is 6.21. The molecule has 0 amide bonds. The molecule has 84 valence electrons. The van der Waals surface area contributed by atoms with Crippen LogP contribution in [0.3, 0.4) is 0 Å². The Kier molecular flexibility index (Phi) is 2.17. The summed E-state index contributed by atoms with van der Waals surface area (Å²) in [7, 11) is 0. The van der Waals surface area contributed by atoms with Gasteiger partial charge in [0.05, 0.1) is 0 Å². The lowest BCUT2D eigenvalue weighted by molar-refractivity contribution is 0.0914. The molecule has 2 fully saturated rings. The number of hydrogen-bond acceptors (Lipinski definition) is 1. The number of carbonyl (C=O) groups excluding carboxylic acids is 1. The lowest BCUT2D eigenvalue weighted by atomic mass is 9.90. The molecule has 3 rings (SSSR count). The van der Waals surface area contributed by atoms with Crippen molar-refractivity contribution in [2.24, 2.45) is 17.8 Å². The van der Waals surface area contributed by atoms with E-state index in [0.29, 0.717) is 11.7 Å². The maximum atomic E-state index is 12.4. The highest BCUT2D eigenvalue weighted by molar-refractivity contribution is 5.99. The normalized spacial score (nSPS) is 31.2. The van der Waals surface area contributed by atoms with Crippen LogP contribution in [0.5, 0.6) is 0 Å². The average molecular weight is 214 g/mol. The van der Waals surface area contributed by atoms with Gasteiger partial charge in [-0.2, -0.15) is 0 Å². The predicted molar refractivity (Wildman–Crippen MR) is 64.6 cm³/mol. The molecule has 0 N–H and O–H groups in total. The number of benzene rings is 1. The zero-order valence-corrected chi connectivity index (χ0v) is 9.99. The third-order valence-electron chi connectivity index (χ3n) is 4.27. The van der Waals surface area contributed by atoms with E-state index in [1.807, 2.05) is 6.92 Å². The van der Waals surface area contributed by atoms with E-state index in [2.05, 4.69) is 25.1 Å². The summed E-state index contributed by atoms with van der Waals surface area (Å²) < 4.78 is 0. The quantitative estimate of drug-likeness (QED) is 0.688. The SMILES string of the molecule is Cc1ccc(C)c(C(=O)C2CC3CC3C2)c1. The van der Waals surface area contributed by atoms with Crippen molar-refractivity contribution >= 4 is 5.78 Å². The second-order valence-electron chi connectivity index (χ2n) is 5.61. The fraction of sp³-hybridized carbons (Fsp3) is 0.533. The lowest BCUT2D eigenvalue weighted by Crippen LogP contribution is -2.14. The van der Waals surface area contributed by atoms with Crippen LogP contribution in [0.25, 0.3) is 0 Å². The van der Waals surface area contributed by atoms with Gasteiger partial charge in [-0.1, -0.05) is 17.7 Å². The molecule has 2 atom stereocenters. The zero-order valence-electron chi connectivity index (χ0n) is 9.99. The van der Waals surface area contributed by atoms with Crippen LogP contribution in [-0.2, 0) is 0 Å². The summed E-state index contributed by atoms with van der Waals surface area (Å²) in [6.07, 6.45) is 3.68. The zero-order chi connectivity index (χ0) is 11.3. The largest absolute Gasteiger partial charge is 0.294 e. The fourth-order valence-corrected chi connectivity index (χ4v) is 3.15. The number of carbonyl (C=O) groups is 1. The average Bonchev–Trinajstić information content (AvgIpc) is 2.88. The van der Waals surface area contributed by atoms with E-state index >= 15 is 0 Å². The Labute approximate surface area is 96.9 Å². The van der Waals surface area contributed by atoms with E-state index < -0.39 is 0 Å². The van der Waals surface area contributed by atoms with Crippen molar-refractivity contribution in [2.75, 3.05) is 0 Å². The maximum absolute atomic E-state index is 12.4. The molecule has 1 aromatic rings. The third kappa shape index (κ3) is 1.59. The third-order valence-corrected chi connectivity index (χ3v) is 4.27. The van der Waals surface area contributed by atoms with Gasteiger partial charge in [-0.15, -0.1) is 0 Å². The van der Waals surface area contributed by atoms with Gasteiger partial charge >= 0.3 is 0 Å². The molecule has 0 radical (unpaired) electrons. The minimum atomic E-state index is 0.323. The summed E-state index contributed by atoms with van der Waals surface area (Å²) in [4.78, 5) is 12.4. The van der Waals surface area contributed by atoms with Gasteiger partial charge in [0.25, 0.3) is 0 Å². The minimum absolute atomic E-state index is 0.323. The smallest absolute Gasteiger partial charge is 0.166 e. The molecule has 1 aromatic carbocycles. The first-order valence-corrected chi connectivity index (χ1v) is 6.26. The number of ketones is 1. The van der Waals surface area contributed by atoms with Gasteiger partial charge in [0.2, 0.25) is 0 Å². The van der Waals surface area contributed by atoms with Gasteiger partial charge in [-0.3, -0.25) is 4.79 Å². The standard InChI is InChI=1S/C15H18O/c1-9-3-4-10(2)14(5-9)15(16)13-7-11-6-12(11)8-13/h3-5,11-13H,6-8H2,1-2H3. The van der Waals surface area contributed by atoms with E-state index in [1.165, 1.54) is 12.0 Å². The second-order valence-corrected chi connectivity index (χ2v) is 5.61. The summed E-state index contributed by atoms with van der Waals surface area (Å²) in [5.41, 5.74) is 3.29. The van der Waals surface area contributed by atoms with Crippen molar-refractivity contribution in [3.05, 3.63) is 34.9 Å². The fourth-order valence-electron chi connectivity index (χ4n) is 3.15. The number of Topliss-reactive ketones (excluding diaryl/α,β-unsaturated/α-hetero) is 1. The Morgan fingerprint density at radius 1 is 1.12 bits per heavy atom. The molecular weight excluding hydrogens is 196 g/mol. The van der Waals surface area contributed by atoms with Crippen molar-refractivity contribution in [1.29, 1.82) is 0 Å². The van der Waals surface area contributed by atoms with E-state index in [4.69, 9.17) is 0 Å². The molecule has 0 spiro atoms. The highest BCUT2D eigenvalue weighted by atomic mass is 16.1. The number of aryl methyl sites for hydroxylation is 2. The van der Waals surface area contributed by atoms with E-state index in [-0.39, 0.29) is 0 Å². The van der Waals surface area contributed by atoms with Crippen LogP contribution in [0, 0.1) is 31.6 Å². The van der Waals surface area contributed by atoms with Crippen molar-refractivity contribution < 1.29 is 4.79 Å². The van der Waals surface area contributed by atoms with Crippen LogP contribution in [0.15, 0.2) is 18.2 Å². The van der Waals surface area contributed by atoms with Gasteiger partial charge in [-0.25, -0.2) is 0 Å². The molecule has 0 heterocycles. The monoisotopic (exact) mass is 214 g/mol. The van der Waals surface area contributed by atoms with Crippen LogP contribution in [0.1, 0.15) is 40.7 Å². The Morgan fingerprint density at radius 2 is 1.81 bits per heavy atom. The van der Waals surface area contributed by atoms with Gasteiger partial charge in [0.1, 0.15) is 0 Å². The summed E-state index contributed by atoms with van der Waals surface area (Å²) in [5, 5.41) is 0. The van der Waals surface area contributed by atoms with E-state index in [0.717, 1.165) is 35.8 Å². The van der Waals surface area contributed by atoms with E-state index in [1.54, 1.807) is 0 Å². The first kappa shape index (κ1) is 10.1. The molecule has 2 aliphatic rings. The summed E-state index contributed by atoms with van der Waals surface area (Å²) in [6.45, 7) is 4.10. The maximum Gasteiger partial charge on any atom is 0.166 e. The van der Waals surface area contributed by atoms with Crippen molar-refractivity contribution in [1.82, 2.24) is 0 Å². The van der Waals surface area contributed by atoms with Gasteiger partial charge in [-0.05, 0) is 56.6 Å². The lowest BCUT2D eigenvalue weighted by Gasteiger charge is -2.13. The summed E-state index contributed by atoms with van der Waals surface area (Å²) >= 11 is 0. The highest BCUT2D eigenvalue weighted by Crippen LogP contribution is 2.55. The molecular formula is C15H18O. The van der Waals surface area contributed by atoms with Crippen LogP contribution in [0.2, 0.25) is 0 Å². The molecule has 1 nitrogen and oxygen atoms in total. The van der Waals surface area contributed by atoms with Crippen LogP contribution in [-0.4, -0.2) is 5.78 Å². The minimum Gasteiger partial charge on any atom is -0.294 e. The molecule has 0 saturated heterocycles.